The molecule has 1 saturated carbocycles. The second-order valence-corrected chi connectivity index (χ2v) is 6.12. The van der Waals surface area contributed by atoms with E-state index in [4.69, 9.17) is 0 Å². The first-order valence-corrected chi connectivity index (χ1v) is 8.68. The van der Waals surface area contributed by atoms with Crippen molar-refractivity contribution in [3.8, 4) is 0 Å². The number of hydrogen-bond acceptors (Lipinski definition) is 2. The predicted molar refractivity (Wildman–Crippen MR) is 100 cm³/mol. The number of nitrogens with zero attached hydrogens (tertiary/aromatic N) is 1. The summed E-state index contributed by atoms with van der Waals surface area (Å²) in [5, 5.41) is 9.44. The zero-order valence-electron chi connectivity index (χ0n) is 14.5. The Kier molecular flexibility index (Phi) is 7.33. The zero-order chi connectivity index (χ0) is 17.2. The van der Waals surface area contributed by atoms with Crippen molar-refractivity contribution >= 4 is 17.6 Å². The molecule has 24 heavy (non-hydrogen) atoms. The zero-order valence-corrected chi connectivity index (χ0v) is 14.5. The summed E-state index contributed by atoms with van der Waals surface area (Å²) in [6.07, 6.45) is 7.40. The molecule has 0 radical (unpaired) electrons. The van der Waals surface area contributed by atoms with Crippen molar-refractivity contribution < 1.29 is 4.79 Å². The van der Waals surface area contributed by atoms with E-state index in [0.29, 0.717) is 13.1 Å². The average Bonchev–Trinajstić information content (AvgIpc) is 2.63. The minimum atomic E-state index is 0.156. The maximum Gasteiger partial charge on any atom is 0.227 e. The van der Waals surface area contributed by atoms with E-state index in [0.717, 1.165) is 30.1 Å². The van der Waals surface area contributed by atoms with Gasteiger partial charge in [-0.2, -0.15) is 0 Å². The molecule has 1 aromatic carbocycles. The molecular weight excluding hydrogens is 300 g/mol. The van der Waals surface area contributed by atoms with Crippen LogP contribution in [0.25, 0.3) is 0 Å². The molecule has 0 spiro atoms. The molecule has 2 rings (SSSR count). The molecule has 0 atom stereocenters. The third-order valence-electron chi connectivity index (χ3n) is 4.27. The van der Waals surface area contributed by atoms with Crippen LogP contribution >= 0.6 is 0 Å². The second-order valence-electron chi connectivity index (χ2n) is 6.12. The molecule has 0 heterocycles. The third-order valence-corrected chi connectivity index (χ3v) is 4.27. The summed E-state index contributed by atoms with van der Waals surface area (Å²) in [4.78, 5) is 16.5. The van der Waals surface area contributed by atoms with Crippen molar-refractivity contribution in [3.05, 3.63) is 42.5 Å². The van der Waals surface area contributed by atoms with Crippen molar-refractivity contribution in [3.63, 3.8) is 0 Å². The molecule has 0 aliphatic heterocycles. The summed E-state index contributed by atoms with van der Waals surface area (Å²) >= 11 is 0. The minimum Gasteiger partial charge on any atom is -0.353 e. The van der Waals surface area contributed by atoms with Crippen LogP contribution < -0.4 is 16.0 Å². The summed E-state index contributed by atoms with van der Waals surface area (Å²) in [5.74, 6) is 1.05. The molecule has 1 fully saturated rings. The standard InChI is InChI=1S/C19H28N4O/c1-3-12-21-19(20-2)22-14-15-8-7-11-17(13-15)23-18(24)16-9-5-4-6-10-16/h3,7-8,11,13,16H,1,4-6,9-10,12,14H2,2H3,(H,23,24)(H2,20,21,22). The van der Waals surface area contributed by atoms with Gasteiger partial charge in [-0.15, -0.1) is 6.58 Å². The second kappa shape index (κ2) is 9.75. The summed E-state index contributed by atoms with van der Waals surface area (Å²) in [5.41, 5.74) is 1.96. The quantitative estimate of drug-likeness (QED) is 0.427. The Bertz CT molecular complexity index is 576. The fraction of sp³-hybridized carbons (Fsp3) is 0.474. The van der Waals surface area contributed by atoms with Crippen molar-refractivity contribution in [1.29, 1.82) is 0 Å². The number of anilines is 1. The largest absolute Gasteiger partial charge is 0.353 e. The summed E-state index contributed by atoms with van der Waals surface area (Å²) < 4.78 is 0. The summed E-state index contributed by atoms with van der Waals surface area (Å²) in [7, 11) is 1.74. The highest BCUT2D eigenvalue weighted by atomic mass is 16.1. The van der Waals surface area contributed by atoms with Crippen LogP contribution in [0.1, 0.15) is 37.7 Å². The predicted octanol–water partition coefficient (Wildman–Crippen LogP) is 3.06. The Hall–Kier alpha value is -2.30. The van der Waals surface area contributed by atoms with Gasteiger partial charge >= 0.3 is 0 Å². The van der Waals surface area contributed by atoms with E-state index in [1.54, 1.807) is 13.1 Å². The molecule has 0 bridgehead atoms. The molecule has 3 N–H and O–H groups in total. The highest BCUT2D eigenvalue weighted by Gasteiger charge is 2.20. The Morgan fingerprint density at radius 2 is 2.08 bits per heavy atom. The molecule has 1 aliphatic carbocycles. The topological polar surface area (TPSA) is 65.5 Å². The van der Waals surface area contributed by atoms with E-state index in [1.165, 1.54) is 19.3 Å². The smallest absolute Gasteiger partial charge is 0.227 e. The SMILES string of the molecule is C=CCNC(=NC)NCc1cccc(NC(=O)C2CCCCC2)c1. The first-order chi connectivity index (χ1) is 11.7. The van der Waals surface area contributed by atoms with Crippen molar-refractivity contribution in [1.82, 2.24) is 10.6 Å². The Morgan fingerprint density at radius 3 is 2.79 bits per heavy atom. The fourth-order valence-corrected chi connectivity index (χ4v) is 2.94. The maximum atomic E-state index is 12.3. The first kappa shape index (κ1) is 18.0. The molecule has 0 aromatic heterocycles. The Labute approximate surface area is 144 Å². The summed E-state index contributed by atoms with van der Waals surface area (Å²) in [6, 6.07) is 7.95. The summed E-state index contributed by atoms with van der Waals surface area (Å²) in [6.45, 7) is 4.98. The van der Waals surface area contributed by atoms with Gasteiger partial charge in [-0.3, -0.25) is 9.79 Å². The van der Waals surface area contributed by atoms with Crippen molar-refractivity contribution in [2.24, 2.45) is 10.9 Å². The number of rotatable bonds is 6. The number of benzene rings is 1. The molecule has 1 aliphatic rings. The Morgan fingerprint density at radius 1 is 1.29 bits per heavy atom. The monoisotopic (exact) mass is 328 g/mol. The van der Waals surface area contributed by atoms with Gasteiger partial charge in [0.25, 0.3) is 0 Å². The average molecular weight is 328 g/mol. The number of nitrogens with one attached hydrogen (secondary N) is 3. The minimum absolute atomic E-state index is 0.156. The normalized spacial score (nSPS) is 15.6. The molecular formula is C19H28N4O. The maximum absolute atomic E-state index is 12.3. The van der Waals surface area contributed by atoms with E-state index in [2.05, 4.69) is 27.5 Å². The highest BCUT2D eigenvalue weighted by Crippen LogP contribution is 2.25. The highest BCUT2D eigenvalue weighted by molar-refractivity contribution is 5.92. The third kappa shape index (κ3) is 5.72. The number of guanidine groups is 1. The molecule has 5 nitrogen and oxygen atoms in total. The number of aliphatic imine (C=N–C) groups is 1. The van der Waals surface area contributed by atoms with Crippen molar-refractivity contribution in [2.75, 3.05) is 18.9 Å². The lowest BCUT2D eigenvalue weighted by atomic mass is 9.88. The van der Waals surface area contributed by atoms with Crippen LogP contribution in [-0.4, -0.2) is 25.5 Å². The van der Waals surface area contributed by atoms with E-state index in [1.807, 2.05) is 24.3 Å². The van der Waals surface area contributed by atoms with Crippen LogP contribution in [0.5, 0.6) is 0 Å². The lowest BCUT2D eigenvalue weighted by Gasteiger charge is -2.21. The van der Waals surface area contributed by atoms with Crippen molar-refractivity contribution in [2.45, 2.75) is 38.6 Å². The van der Waals surface area contributed by atoms with Crippen LogP contribution in [0.15, 0.2) is 41.9 Å². The van der Waals surface area contributed by atoms with Gasteiger partial charge in [0.15, 0.2) is 5.96 Å². The van der Waals surface area contributed by atoms with Gasteiger partial charge in [0.1, 0.15) is 0 Å². The molecule has 1 aromatic rings. The number of hydrogen-bond donors (Lipinski definition) is 3. The van der Waals surface area contributed by atoms with Gasteiger partial charge in [0.2, 0.25) is 5.91 Å². The molecule has 0 saturated heterocycles. The molecule has 1 amide bonds. The van der Waals surface area contributed by atoms with E-state index in [-0.39, 0.29) is 11.8 Å². The first-order valence-electron chi connectivity index (χ1n) is 8.68. The van der Waals surface area contributed by atoms with Gasteiger partial charge in [0, 0.05) is 31.7 Å². The van der Waals surface area contributed by atoms with Crippen LogP contribution in [-0.2, 0) is 11.3 Å². The van der Waals surface area contributed by atoms with Crippen LogP contribution in [0.4, 0.5) is 5.69 Å². The lowest BCUT2D eigenvalue weighted by molar-refractivity contribution is -0.120. The van der Waals surface area contributed by atoms with Crippen LogP contribution in [0, 0.1) is 5.92 Å². The number of carbonyl (C=O) groups excluding carboxylic acids is 1. The van der Waals surface area contributed by atoms with Gasteiger partial charge in [-0.05, 0) is 30.5 Å². The van der Waals surface area contributed by atoms with Gasteiger partial charge in [-0.25, -0.2) is 0 Å². The molecule has 130 valence electrons. The molecule has 0 unspecified atom stereocenters. The van der Waals surface area contributed by atoms with Gasteiger partial charge < -0.3 is 16.0 Å². The van der Waals surface area contributed by atoms with Gasteiger partial charge in [-0.1, -0.05) is 37.5 Å². The van der Waals surface area contributed by atoms with Crippen LogP contribution in [0.3, 0.4) is 0 Å². The van der Waals surface area contributed by atoms with E-state index < -0.39 is 0 Å². The fourth-order valence-electron chi connectivity index (χ4n) is 2.94. The number of amides is 1. The van der Waals surface area contributed by atoms with Crippen LogP contribution in [0.2, 0.25) is 0 Å². The van der Waals surface area contributed by atoms with Gasteiger partial charge in [0.05, 0.1) is 0 Å². The molecule has 5 heteroatoms. The number of carbonyl (C=O) groups is 1. The van der Waals surface area contributed by atoms with E-state index >= 15 is 0 Å². The lowest BCUT2D eigenvalue weighted by Crippen LogP contribution is -2.36. The Balaban J connectivity index is 1.88. The van der Waals surface area contributed by atoms with E-state index in [9.17, 15) is 4.79 Å².